The van der Waals surface area contributed by atoms with Crippen molar-refractivity contribution >= 4 is 29.0 Å². The highest BCUT2D eigenvalue weighted by Crippen LogP contribution is 2.66. The Labute approximate surface area is 103 Å². The molecule has 0 amide bonds. The van der Waals surface area contributed by atoms with Crippen LogP contribution in [0.4, 0.5) is 0 Å². The first-order valence-corrected chi connectivity index (χ1v) is 6.05. The van der Waals surface area contributed by atoms with Crippen molar-refractivity contribution in [2.45, 2.75) is 25.7 Å². The van der Waals surface area contributed by atoms with Gasteiger partial charge in [-0.3, -0.25) is 4.79 Å². The van der Waals surface area contributed by atoms with Gasteiger partial charge in [0.05, 0.1) is 0 Å². The van der Waals surface area contributed by atoms with Gasteiger partial charge in [0, 0.05) is 12.5 Å². The Hall–Kier alpha value is -0.670. The van der Waals surface area contributed by atoms with E-state index in [1.54, 1.807) is 0 Å². The van der Waals surface area contributed by atoms with Gasteiger partial charge < -0.3 is 0 Å². The molecule has 84 valence electrons. The van der Waals surface area contributed by atoms with E-state index in [-0.39, 0.29) is 21.6 Å². The highest BCUT2D eigenvalue weighted by atomic mass is 35.5. The summed E-state index contributed by atoms with van der Waals surface area (Å²) in [5, 5.41) is 0.259. The number of aromatic nitrogens is 2. The van der Waals surface area contributed by atoms with Gasteiger partial charge in [-0.1, -0.05) is 11.6 Å². The van der Waals surface area contributed by atoms with E-state index in [4.69, 9.17) is 23.2 Å². The summed E-state index contributed by atoms with van der Waals surface area (Å²) in [4.78, 5) is 19.6. The SMILES string of the molecule is O=C(CC12CC(C1)C2)c1cc(Cl)nc(Cl)n1. The molecule has 16 heavy (non-hydrogen) atoms. The highest BCUT2D eigenvalue weighted by Gasteiger charge is 2.56. The predicted octanol–water partition coefficient (Wildman–Crippen LogP) is 3.16. The summed E-state index contributed by atoms with van der Waals surface area (Å²) in [6.07, 6.45) is 4.18. The Morgan fingerprint density at radius 3 is 2.56 bits per heavy atom. The number of nitrogens with zero attached hydrogens (tertiary/aromatic N) is 2. The van der Waals surface area contributed by atoms with Crippen LogP contribution in [0, 0.1) is 11.3 Å². The third-order valence-electron chi connectivity index (χ3n) is 3.65. The van der Waals surface area contributed by atoms with Gasteiger partial charge in [0.1, 0.15) is 10.8 Å². The number of carbonyl (C=O) groups excluding carboxylic acids is 1. The van der Waals surface area contributed by atoms with Crippen molar-refractivity contribution in [1.29, 1.82) is 0 Å². The Morgan fingerprint density at radius 1 is 1.38 bits per heavy atom. The first kappa shape index (κ1) is 10.5. The third-order valence-corrected chi connectivity index (χ3v) is 4.02. The fourth-order valence-electron chi connectivity index (χ4n) is 2.84. The predicted molar refractivity (Wildman–Crippen MR) is 60.8 cm³/mol. The van der Waals surface area contributed by atoms with Crippen molar-refractivity contribution in [3.8, 4) is 0 Å². The molecule has 3 nitrogen and oxygen atoms in total. The van der Waals surface area contributed by atoms with E-state index in [0.717, 1.165) is 5.92 Å². The number of carbonyl (C=O) groups is 1. The molecule has 1 heterocycles. The summed E-state index contributed by atoms with van der Waals surface area (Å²) in [6, 6.07) is 1.49. The monoisotopic (exact) mass is 256 g/mol. The molecule has 1 aromatic heterocycles. The van der Waals surface area contributed by atoms with E-state index in [1.165, 1.54) is 25.3 Å². The van der Waals surface area contributed by atoms with E-state index in [9.17, 15) is 4.79 Å². The van der Waals surface area contributed by atoms with Crippen LogP contribution in [0.5, 0.6) is 0 Å². The number of hydrogen-bond acceptors (Lipinski definition) is 3. The smallest absolute Gasteiger partial charge is 0.224 e. The first-order valence-electron chi connectivity index (χ1n) is 5.30. The molecule has 5 heteroatoms. The second-order valence-electron chi connectivity index (χ2n) is 4.92. The molecule has 3 fully saturated rings. The minimum Gasteiger partial charge on any atom is -0.292 e. The van der Waals surface area contributed by atoms with Crippen LogP contribution in [0.2, 0.25) is 10.4 Å². The van der Waals surface area contributed by atoms with Gasteiger partial charge in [0.25, 0.3) is 0 Å². The summed E-state index contributed by atoms with van der Waals surface area (Å²) in [5.74, 6) is 0.912. The number of hydrogen-bond donors (Lipinski definition) is 0. The molecule has 0 aromatic carbocycles. The summed E-state index contributed by atoms with van der Waals surface area (Å²) < 4.78 is 0. The van der Waals surface area contributed by atoms with E-state index >= 15 is 0 Å². The van der Waals surface area contributed by atoms with E-state index < -0.39 is 0 Å². The minimum atomic E-state index is 0.0318. The average molecular weight is 257 g/mol. The average Bonchev–Trinajstić information content (AvgIpc) is 2.07. The summed E-state index contributed by atoms with van der Waals surface area (Å²) in [5.41, 5.74) is 0.626. The van der Waals surface area contributed by atoms with Crippen LogP contribution in [-0.4, -0.2) is 15.8 Å². The van der Waals surface area contributed by atoms with Crippen LogP contribution >= 0.6 is 23.2 Å². The van der Waals surface area contributed by atoms with Crippen molar-refractivity contribution in [2.75, 3.05) is 0 Å². The maximum atomic E-state index is 12.0. The van der Waals surface area contributed by atoms with Crippen molar-refractivity contribution in [1.82, 2.24) is 9.97 Å². The second-order valence-corrected chi connectivity index (χ2v) is 5.65. The Morgan fingerprint density at radius 2 is 2.06 bits per heavy atom. The molecule has 0 radical (unpaired) electrons. The zero-order valence-corrected chi connectivity index (χ0v) is 10.1. The van der Waals surface area contributed by atoms with E-state index in [0.29, 0.717) is 12.1 Å². The fourth-order valence-corrected chi connectivity index (χ4v) is 3.25. The molecule has 0 saturated heterocycles. The van der Waals surface area contributed by atoms with E-state index in [2.05, 4.69) is 9.97 Å². The van der Waals surface area contributed by atoms with Crippen molar-refractivity contribution in [2.24, 2.45) is 11.3 Å². The second kappa shape index (κ2) is 3.41. The molecule has 3 aliphatic carbocycles. The molecule has 0 N–H and O–H groups in total. The molecular formula is C11H10Cl2N2O. The van der Waals surface area contributed by atoms with Gasteiger partial charge in [-0.25, -0.2) is 9.97 Å². The van der Waals surface area contributed by atoms with Crippen LogP contribution < -0.4 is 0 Å². The van der Waals surface area contributed by atoms with Gasteiger partial charge in [-0.05, 0) is 42.2 Å². The Kier molecular flexibility index (Phi) is 2.23. The summed E-state index contributed by atoms with van der Waals surface area (Å²) in [7, 11) is 0. The van der Waals surface area contributed by atoms with Gasteiger partial charge >= 0.3 is 0 Å². The molecule has 4 rings (SSSR count). The third kappa shape index (κ3) is 1.62. The Balaban J connectivity index is 1.77. The molecule has 0 unspecified atom stereocenters. The molecule has 2 bridgehead atoms. The lowest BCUT2D eigenvalue weighted by Gasteiger charge is -2.61. The standard InChI is InChI=1S/C11H10Cl2N2O/c12-9-1-7(14-10(13)15-9)8(16)5-11-2-6(3-11)4-11/h1,6H,2-5H2. The lowest BCUT2D eigenvalue weighted by atomic mass is 9.43. The van der Waals surface area contributed by atoms with Crippen LogP contribution in [0.25, 0.3) is 0 Å². The molecule has 0 atom stereocenters. The molecule has 3 saturated carbocycles. The molecule has 0 aliphatic heterocycles. The van der Waals surface area contributed by atoms with E-state index in [1.807, 2.05) is 0 Å². The maximum Gasteiger partial charge on any atom is 0.224 e. The Bertz CT molecular complexity index is 438. The first-order chi connectivity index (χ1) is 7.56. The zero-order valence-electron chi connectivity index (χ0n) is 8.54. The number of rotatable bonds is 3. The maximum absolute atomic E-state index is 12.0. The topological polar surface area (TPSA) is 42.9 Å². The normalized spacial score (nSPS) is 30.5. The van der Waals surface area contributed by atoms with Crippen molar-refractivity contribution in [3.63, 3.8) is 0 Å². The molecule has 0 spiro atoms. The van der Waals surface area contributed by atoms with Gasteiger partial charge in [-0.15, -0.1) is 0 Å². The van der Waals surface area contributed by atoms with Crippen molar-refractivity contribution in [3.05, 3.63) is 22.2 Å². The zero-order chi connectivity index (χ0) is 11.3. The molecular weight excluding hydrogens is 247 g/mol. The summed E-state index contributed by atoms with van der Waals surface area (Å²) >= 11 is 11.4. The highest BCUT2D eigenvalue weighted by molar-refractivity contribution is 6.32. The quantitative estimate of drug-likeness (QED) is 0.474. The van der Waals surface area contributed by atoms with Crippen LogP contribution in [0.1, 0.15) is 36.2 Å². The number of ketones is 1. The number of halogens is 2. The van der Waals surface area contributed by atoms with Crippen LogP contribution in [0.15, 0.2) is 6.07 Å². The molecule has 1 aromatic rings. The number of Topliss-reactive ketones (excluding diaryl/α,β-unsaturated/α-hetero) is 1. The van der Waals surface area contributed by atoms with Crippen LogP contribution in [0.3, 0.4) is 0 Å². The van der Waals surface area contributed by atoms with Crippen molar-refractivity contribution < 1.29 is 4.79 Å². The lowest BCUT2D eigenvalue weighted by Crippen LogP contribution is -2.52. The fraction of sp³-hybridized carbons (Fsp3) is 0.545. The minimum absolute atomic E-state index is 0.0318. The molecule has 3 aliphatic rings. The van der Waals surface area contributed by atoms with Crippen LogP contribution in [-0.2, 0) is 0 Å². The lowest BCUT2D eigenvalue weighted by molar-refractivity contribution is -0.103. The summed E-state index contributed by atoms with van der Waals surface area (Å²) in [6.45, 7) is 0. The largest absolute Gasteiger partial charge is 0.292 e. The van der Waals surface area contributed by atoms with Gasteiger partial charge in [-0.2, -0.15) is 0 Å². The van der Waals surface area contributed by atoms with Gasteiger partial charge in [0.2, 0.25) is 5.28 Å². The van der Waals surface area contributed by atoms with Gasteiger partial charge in [0.15, 0.2) is 5.78 Å².